The summed E-state index contributed by atoms with van der Waals surface area (Å²) in [7, 11) is 0. The average Bonchev–Trinajstić information content (AvgIpc) is 2.15. The summed E-state index contributed by atoms with van der Waals surface area (Å²) < 4.78 is 0. The van der Waals surface area contributed by atoms with Gasteiger partial charge in [-0.3, -0.25) is 0 Å². The molecule has 62 valence electrons. The zero-order chi connectivity index (χ0) is 8.81. The Morgan fingerprint density at radius 2 is 2.33 bits per heavy atom. The molecule has 2 heteroatoms. The molecule has 0 aliphatic carbocycles. The molecule has 2 nitrogen and oxygen atoms in total. The Labute approximate surface area is 72.2 Å². The fourth-order valence-electron chi connectivity index (χ4n) is 0.933. The van der Waals surface area contributed by atoms with Gasteiger partial charge in [0.05, 0.1) is 13.2 Å². The fraction of sp³-hybridized carbons (Fsp3) is 0.200. The molecule has 0 amide bonds. The largest absolute Gasteiger partial charge is 0.392 e. The molecule has 0 aromatic heterocycles. The molecule has 0 spiro atoms. The number of hydrogen-bond donors (Lipinski definition) is 2. The summed E-state index contributed by atoms with van der Waals surface area (Å²) in [4.78, 5) is 0. The van der Waals surface area contributed by atoms with Gasteiger partial charge in [0.1, 0.15) is 0 Å². The topological polar surface area (TPSA) is 32.3 Å². The summed E-state index contributed by atoms with van der Waals surface area (Å²) in [6.45, 7) is 0.570. The lowest BCUT2D eigenvalue weighted by Crippen LogP contribution is -1.98. The summed E-state index contributed by atoms with van der Waals surface area (Å²) in [5, 5.41) is 11.8. The molecule has 0 radical (unpaired) electrons. The molecule has 12 heavy (non-hydrogen) atoms. The Morgan fingerprint density at radius 3 is 3.00 bits per heavy atom. The number of aliphatic hydroxyl groups is 1. The normalized spacial score (nSPS) is 9.00. The highest BCUT2D eigenvalue weighted by molar-refractivity contribution is 5.46. The smallest absolute Gasteiger partial charge is 0.0763 e. The first-order valence-corrected chi connectivity index (χ1v) is 3.74. The predicted molar refractivity (Wildman–Crippen MR) is 49.7 cm³/mol. The lowest BCUT2D eigenvalue weighted by atomic mass is 10.2. The zero-order valence-corrected chi connectivity index (χ0v) is 6.75. The van der Waals surface area contributed by atoms with Crippen LogP contribution in [0, 0.1) is 12.3 Å². The summed E-state index contributed by atoms with van der Waals surface area (Å²) in [5.74, 6) is 2.48. The number of benzene rings is 1. The summed E-state index contributed by atoms with van der Waals surface area (Å²) >= 11 is 0. The van der Waals surface area contributed by atoms with E-state index in [-0.39, 0.29) is 6.61 Å². The third-order valence-electron chi connectivity index (χ3n) is 1.50. The molecule has 0 heterocycles. The van der Waals surface area contributed by atoms with Crippen LogP contribution in [-0.2, 0) is 6.61 Å². The summed E-state index contributed by atoms with van der Waals surface area (Å²) in [6.07, 6.45) is 5.09. The van der Waals surface area contributed by atoms with Crippen LogP contribution in [0.3, 0.4) is 0 Å². The molecule has 0 unspecified atom stereocenters. The zero-order valence-electron chi connectivity index (χ0n) is 6.75. The molecule has 1 rings (SSSR count). The fourth-order valence-corrected chi connectivity index (χ4v) is 0.933. The van der Waals surface area contributed by atoms with Gasteiger partial charge in [0.25, 0.3) is 0 Å². The Kier molecular flexibility index (Phi) is 3.18. The predicted octanol–water partition coefficient (Wildman–Crippen LogP) is 1.22. The first-order chi connectivity index (χ1) is 5.86. The van der Waals surface area contributed by atoms with Crippen LogP contribution >= 0.6 is 0 Å². The lowest BCUT2D eigenvalue weighted by Gasteiger charge is -2.03. The van der Waals surface area contributed by atoms with Gasteiger partial charge in [-0.05, 0) is 17.7 Å². The van der Waals surface area contributed by atoms with Crippen LogP contribution in [0.2, 0.25) is 0 Å². The van der Waals surface area contributed by atoms with Crippen molar-refractivity contribution in [2.75, 3.05) is 11.9 Å². The highest BCUT2D eigenvalue weighted by Crippen LogP contribution is 2.09. The van der Waals surface area contributed by atoms with Crippen LogP contribution < -0.4 is 5.32 Å². The molecule has 0 saturated carbocycles. The number of hydrogen-bond acceptors (Lipinski definition) is 2. The van der Waals surface area contributed by atoms with Gasteiger partial charge in [-0.2, -0.15) is 0 Å². The molecule has 0 aliphatic rings. The van der Waals surface area contributed by atoms with Crippen LogP contribution in [0.5, 0.6) is 0 Å². The SMILES string of the molecule is C#CCNc1cccc(CO)c1. The summed E-state index contributed by atoms with van der Waals surface area (Å²) in [5.41, 5.74) is 1.83. The second-order valence-corrected chi connectivity index (χ2v) is 2.42. The standard InChI is InChI=1S/C10H11NO/c1-2-6-11-10-5-3-4-9(7-10)8-12/h1,3-5,7,11-12H,6,8H2. The molecule has 0 bridgehead atoms. The average molecular weight is 161 g/mol. The molecular formula is C10H11NO. The van der Waals surface area contributed by atoms with Crippen LogP contribution in [-0.4, -0.2) is 11.7 Å². The first kappa shape index (κ1) is 8.63. The van der Waals surface area contributed by atoms with E-state index in [2.05, 4.69) is 11.2 Å². The van der Waals surface area contributed by atoms with E-state index in [9.17, 15) is 0 Å². The lowest BCUT2D eigenvalue weighted by molar-refractivity contribution is 0.282. The van der Waals surface area contributed by atoms with Gasteiger partial charge >= 0.3 is 0 Å². The molecule has 0 atom stereocenters. The maximum absolute atomic E-state index is 8.82. The Bertz CT molecular complexity index is 288. The minimum atomic E-state index is 0.0611. The van der Waals surface area contributed by atoms with Gasteiger partial charge in [0, 0.05) is 5.69 Å². The Balaban J connectivity index is 2.67. The quantitative estimate of drug-likeness (QED) is 0.653. The van der Waals surface area contributed by atoms with Crippen molar-refractivity contribution in [3.05, 3.63) is 29.8 Å². The van der Waals surface area contributed by atoms with Gasteiger partial charge in [-0.15, -0.1) is 6.42 Å². The van der Waals surface area contributed by atoms with Crippen molar-refractivity contribution in [2.45, 2.75) is 6.61 Å². The highest BCUT2D eigenvalue weighted by Gasteiger charge is 1.91. The van der Waals surface area contributed by atoms with Crippen molar-refractivity contribution in [3.8, 4) is 12.3 Å². The highest BCUT2D eigenvalue weighted by atomic mass is 16.3. The number of terminal acetylenes is 1. The van der Waals surface area contributed by atoms with E-state index < -0.39 is 0 Å². The second kappa shape index (κ2) is 4.42. The van der Waals surface area contributed by atoms with E-state index in [0.29, 0.717) is 6.54 Å². The van der Waals surface area contributed by atoms with E-state index in [0.717, 1.165) is 11.3 Å². The van der Waals surface area contributed by atoms with Crippen molar-refractivity contribution in [2.24, 2.45) is 0 Å². The third kappa shape index (κ3) is 2.30. The van der Waals surface area contributed by atoms with Crippen LogP contribution in [0.4, 0.5) is 5.69 Å². The van der Waals surface area contributed by atoms with Crippen molar-refractivity contribution >= 4 is 5.69 Å². The van der Waals surface area contributed by atoms with Crippen LogP contribution in [0.15, 0.2) is 24.3 Å². The maximum atomic E-state index is 8.82. The second-order valence-electron chi connectivity index (χ2n) is 2.42. The van der Waals surface area contributed by atoms with Crippen molar-refractivity contribution in [3.63, 3.8) is 0 Å². The molecule has 1 aromatic rings. The maximum Gasteiger partial charge on any atom is 0.0763 e. The van der Waals surface area contributed by atoms with Crippen LogP contribution in [0.1, 0.15) is 5.56 Å². The molecule has 2 N–H and O–H groups in total. The van der Waals surface area contributed by atoms with E-state index in [4.69, 9.17) is 11.5 Å². The van der Waals surface area contributed by atoms with E-state index in [1.165, 1.54) is 0 Å². The van der Waals surface area contributed by atoms with Gasteiger partial charge in [0.2, 0.25) is 0 Å². The monoisotopic (exact) mass is 161 g/mol. The summed E-state index contributed by atoms with van der Waals surface area (Å²) in [6, 6.07) is 7.53. The van der Waals surface area contributed by atoms with E-state index >= 15 is 0 Å². The van der Waals surface area contributed by atoms with Crippen LogP contribution in [0.25, 0.3) is 0 Å². The molecule has 0 saturated heterocycles. The third-order valence-corrected chi connectivity index (χ3v) is 1.50. The number of rotatable bonds is 3. The first-order valence-electron chi connectivity index (χ1n) is 3.74. The molecule has 0 fully saturated rings. The van der Waals surface area contributed by atoms with Crippen molar-refractivity contribution < 1.29 is 5.11 Å². The minimum Gasteiger partial charge on any atom is -0.392 e. The number of aliphatic hydroxyl groups excluding tert-OH is 1. The molecular weight excluding hydrogens is 150 g/mol. The van der Waals surface area contributed by atoms with Crippen molar-refractivity contribution in [1.82, 2.24) is 0 Å². The van der Waals surface area contributed by atoms with Gasteiger partial charge in [-0.1, -0.05) is 18.1 Å². The molecule has 0 aliphatic heterocycles. The van der Waals surface area contributed by atoms with E-state index in [1.54, 1.807) is 0 Å². The number of anilines is 1. The van der Waals surface area contributed by atoms with Gasteiger partial charge in [0.15, 0.2) is 0 Å². The Hall–Kier alpha value is -1.46. The van der Waals surface area contributed by atoms with Gasteiger partial charge in [-0.25, -0.2) is 0 Å². The van der Waals surface area contributed by atoms with Crippen molar-refractivity contribution in [1.29, 1.82) is 0 Å². The van der Waals surface area contributed by atoms with Gasteiger partial charge < -0.3 is 10.4 Å². The minimum absolute atomic E-state index is 0.0611. The Morgan fingerprint density at radius 1 is 1.50 bits per heavy atom. The molecule has 1 aromatic carbocycles. The van der Waals surface area contributed by atoms with E-state index in [1.807, 2.05) is 24.3 Å². The number of nitrogens with one attached hydrogen (secondary N) is 1.